The minimum Gasteiger partial charge on any atom is -0.205 e. The Bertz CT molecular complexity index is 341. The van der Waals surface area contributed by atoms with Gasteiger partial charge in [-0.1, -0.05) is 20.8 Å². The summed E-state index contributed by atoms with van der Waals surface area (Å²) in [6.07, 6.45) is 3.33. The lowest BCUT2D eigenvalue weighted by molar-refractivity contribution is 0.585. The van der Waals surface area contributed by atoms with Gasteiger partial charge in [0.15, 0.2) is 0 Å². The van der Waals surface area contributed by atoms with Gasteiger partial charge in [-0.3, -0.25) is 0 Å². The Hall–Kier alpha value is -0.840. The fourth-order valence-electron chi connectivity index (χ4n) is 0.716. The lowest BCUT2D eigenvalue weighted by atomic mass is 10.4. The van der Waals surface area contributed by atoms with Crippen molar-refractivity contribution in [3.8, 4) is 0 Å². The molecule has 0 aromatic carbocycles. The van der Waals surface area contributed by atoms with Crippen LogP contribution in [0.3, 0.4) is 0 Å². The van der Waals surface area contributed by atoms with Crippen LogP contribution in [0.5, 0.6) is 0 Å². The molecule has 13 heavy (non-hydrogen) atoms. The summed E-state index contributed by atoms with van der Waals surface area (Å²) in [7, 11) is -3.19. The van der Waals surface area contributed by atoms with Crippen molar-refractivity contribution in [1.82, 2.24) is 9.19 Å². The predicted octanol–water partition coefficient (Wildman–Crippen LogP) is 1.28. The molecule has 1 rings (SSSR count). The molecule has 1 heterocycles. The third-order valence-corrected chi connectivity index (χ3v) is 2.21. The van der Waals surface area contributed by atoms with Crippen molar-refractivity contribution in [2.45, 2.75) is 27.2 Å². The van der Waals surface area contributed by atoms with E-state index < -0.39 is 10.0 Å². The highest BCUT2D eigenvalue weighted by molar-refractivity contribution is 7.89. The SMILES string of the molecule is CC.CCc1ccn(S(C)(=O)=O)n1. The molecule has 0 saturated heterocycles. The van der Waals surface area contributed by atoms with Gasteiger partial charge < -0.3 is 0 Å². The second kappa shape index (κ2) is 5.01. The molecular weight excluding hydrogens is 188 g/mol. The van der Waals surface area contributed by atoms with Crippen LogP contribution in [0.25, 0.3) is 0 Å². The van der Waals surface area contributed by atoms with Gasteiger partial charge >= 0.3 is 0 Å². The van der Waals surface area contributed by atoms with Crippen molar-refractivity contribution in [3.05, 3.63) is 18.0 Å². The van der Waals surface area contributed by atoms with Crippen LogP contribution < -0.4 is 0 Å². The highest BCUT2D eigenvalue weighted by Gasteiger charge is 2.05. The Labute approximate surface area is 79.6 Å². The van der Waals surface area contributed by atoms with Crippen molar-refractivity contribution in [1.29, 1.82) is 0 Å². The second-order valence-electron chi connectivity index (χ2n) is 2.30. The van der Waals surface area contributed by atoms with E-state index in [4.69, 9.17) is 0 Å². The number of hydrogen-bond donors (Lipinski definition) is 0. The third-order valence-electron chi connectivity index (χ3n) is 1.32. The molecule has 0 radical (unpaired) electrons. The number of hydrogen-bond acceptors (Lipinski definition) is 3. The van der Waals surface area contributed by atoms with Gasteiger partial charge in [0.2, 0.25) is 0 Å². The van der Waals surface area contributed by atoms with E-state index in [-0.39, 0.29) is 0 Å². The Morgan fingerprint density at radius 2 is 2.00 bits per heavy atom. The van der Waals surface area contributed by atoms with Gasteiger partial charge in [-0.2, -0.15) is 9.19 Å². The Balaban J connectivity index is 0.000000671. The van der Waals surface area contributed by atoms with Crippen LogP contribution in [0.1, 0.15) is 26.5 Å². The number of nitrogens with zero attached hydrogens (tertiary/aromatic N) is 2. The molecule has 0 bridgehead atoms. The zero-order valence-electron chi connectivity index (χ0n) is 8.48. The minimum atomic E-state index is -3.19. The first-order valence-corrected chi connectivity index (χ1v) is 6.14. The summed E-state index contributed by atoms with van der Waals surface area (Å²) in [5, 5.41) is 3.83. The summed E-state index contributed by atoms with van der Waals surface area (Å²) < 4.78 is 22.7. The molecule has 1 aromatic rings. The van der Waals surface area contributed by atoms with Crippen LogP contribution in [0.2, 0.25) is 0 Å². The summed E-state index contributed by atoms with van der Waals surface area (Å²) in [6, 6.07) is 1.70. The van der Waals surface area contributed by atoms with Gasteiger partial charge in [0, 0.05) is 6.20 Å². The maximum atomic E-state index is 10.9. The molecule has 0 unspecified atom stereocenters. The van der Waals surface area contributed by atoms with Crippen LogP contribution in [-0.2, 0) is 16.4 Å². The smallest absolute Gasteiger partial charge is 0.205 e. The second-order valence-corrected chi connectivity index (χ2v) is 4.14. The molecule has 0 aliphatic rings. The molecule has 5 heteroatoms. The van der Waals surface area contributed by atoms with E-state index in [0.29, 0.717) is 0 Å². The zero-order valence-corrected chi connectivity index (χ0v) is 9.30. The van der Waals surface area contributed by atoms with Crippen LogP contribution in [-0.4, -0.2) is 23.9 Å². The van der Waals surface area contributed by atoms with E-state index in [2.05, 4.69) is 5.10 Å². The maximum absolute atomic E-state index is 10.9. The van der Waals surface area contributed by atoms with Gasteiger partial charge in [-0.05, 0) is 12.5 Å². The lowest BCUT2D eigenvalue weighted by Gasteiger charge is -1.94. The Morgan fingerprint density at radius 1 is 1.46 bits per heavy atom. The fourth-order valence-corrected chi connectivity index (χ4v) is 1.25. The van der Waals surface area contributed by atoms with Gasteiger partial charge in [0.1, 0.15) is 0 Å². The third kappa shape index (κ3) is 3.59. The highest BCUT2D eigenvalue weighted by atomic mass is 32.2. The predicted molar refractivity (Wildman–Crippen MR) is 53.2 cm³/mol. The molecule has 0 atom stereocenters. The van der Waals surface area contributed by atoms with Gasteiger partial charge in [-0.25, -0.2) is 8.42 Å². The average molecular weight is 204 g/mol. The number of aryl methyl sites for hydroxylation is 1. The Morgan fingerprint density at radius 3 is 2.23 bits per heavy atom. The molecule has 0 spiro atoms. The molecule has 0 aliphatic heterocycles. The number of rotatable bonds is 2. The number of aromatic nitrogens is 2. The van der Waals surface area contributed by atoms with E-state index in [9.17, 15) is 8.42 Å². The molecule has 4 nitrogen and oxygen atoms in total. The van der Waals surface area contributed by atoms with Gasteiger partial charge in [0.05, 0.1) is 11.9 Å². The van der Waals surface area contributed by atoms with Crippen LogP contribution in [0, 0.1) is 0 Å². The van der Waals surface area contributed by atoms with E-state index in [0.717, 1.165) is 22.5 Å². The summed E-state index contributed by atoms with van der Waals surface area (Å²) in [4.78, 5) is 0. The highest BCUT2D eigenvalue weighted by Crippen LogP contribution is 1.98. The van der Waals surface area contributed by atoms with Crippen LogP contribution >= 0.6 is 0 Å². The van der Waals surface area contributed by atoms with Crippen LogP contribution in [0.4, 0.5) is 0 Å². The standard InChI is InChI=1S/C6H10N2O2S.C2H6/c1-3-6-4-5-8(7-6)11(2,9)10;1-2/h4-5H,3H2,1-2H3;1-2H3. The molecule has 0 amide bonds. The molecular formula is C8H16N2O2S. The van der Waals surface area contributed by atoms with Crippen molar-refractivity contribution in [3.63, 3.8) is 0 Å². The first-order chi connectivity index (χ1) is 6.04. The monoisotopic (exact) mass is 204 g/mol. The van der Waals surface area contributed by atoms with Crippen LogP contribution in [0.15, 0.2) is 12.3 Å². The minimum absolute atomic E-state index is 0.753. The summed E-state index contributed by atoms with van der Waals surface area (Å²) in [5.41, 5.74) is 0.787. The molecule has 0 fully saturated rings. The Kier molecular flexibility index (Phi) is 4.69. The zero-order chi connectivity index (χ0) is 10.5. The molecule has 0 aliphatic carbocycles. The van der Waals surface area contributed by atoms with Crippen molar-refractivity contribution in [2.24, 2.45) is 0 Å². The first-order valence-electron chi connectivity index (χ1n) is 4.29. The van der Waals surface area contributed by atoms with E-state index in [1.54, 1.807) is 6.07 Å². The molecule has 76 valence electrons. The van der Waals surface area contributed by atoms with Gasteiger partial charge in [0.25, 0.3) is 10.0 Å². The van der Waals surface area contributed by atoms with Gasteiger partial charge in [-0.15, -0.1) is 0 Å². The quantitative estimate of drug-likeness (QED) is 0.729. The average Bonchev–Trinajstić information content (AvgIpc) is 2.54. The molecule has 0 saturated carbocycles. The molecule has 0 N–H and O–H groups in total. The maximum Gasteiger partial charge on any atom is 0.250 e. The largest absolute Gasteiger partial charge is 0.250 e. The topological polar surface area (TPSA) is 52.0 Å². The van der Waals surface area contributed by atoms with E-state index >= 15 is 0 Å². The lowest BCUT2D eigenvalue weighted by Crippen LogP contribution is -2.10. The normalized spacial score (nSPS) is 10.5. The fraction of sp³-hybridized carbons (Fsp3) is 0.625. The first kappa shape index (κ1) is 12.2. The van der Waals surface area contributed by atoms with Crippen molar-refractivity contribution in [2.75, 3.05) is 6.26 Å². The molecule has 1 aromatic heterocycles. The summed E-state index contributed by atoms with van der Waals surface area (Å²) in [5.74, 6) is 0. The summed E-state index contributed by atoms with van der Waals surface area (Å²) in [6.45, 7) is 5.93. The van der Waals surface area contributed by atoms with E-state index in [1.165, 1.54) is 6.20 Å². The summed E-state index contributed by atoms with van der Waals surface area (Å²) >= 11 is 0. The van der Waals surface area contributed by atoms with Crippen molar-refractivity contribution < 1.29 is 8.42 Å². The van der Waals surface area contributed by atoms with E-state index in [1.807, 2.05) is 20.8 Å². The van der Waals surface area contributed by atoms with Crippen molar-refractivity contribution >= 4 is 10.0 Å².